The highest BCUT2D eigenvalue weighted by Crippen LogP contribution is 2.10. The van der Waals surface area contributed by atoms with Crippen LogP contribution in [0, 0.1) is 0 Å². The van der Waals surface area contributed by atoms with Gasteiger partial charge in [-0.05, 0) is 36.4 Å². The summed E-state index contributed by atoms with van der Waals surface area (Å²) in [6, 6.07) is 5.87. The smallest absolute Gasteiger partial charge is 0.251 e. The van der Waals surface area contributed by atoms with Gasteiger partial charge in [0.1, 0.15) is 0 Å². The van der Waals surface area contributed by atoms with Gasteiger partial charge in [0.05, 0.1) is 4.90 Å². The second-order valence-corrected chi connectivity index (χ2v) is 7.48. The van der Waals surface area contributed by atoms with Crippen LogP contribution < -0.4 is 5.32 Å². The Bertz CT molecular complexity index is 526. The van der Waals surface area contributed by atoms with Crippen LogP contribution in [-0.2, 0) is 9.84 Å². The summed E-state index contributed by atoms with van der Waals surface area (Å²) >= 11 is 1.67. The van der Waals surface area contributed by atoms with Gasteiger partial charge in [-0.15, -0.1) is 0 Å². The summed E-state index contributed by atoms with van der Waals surface area (Å²) in [7, 11) is -3.23. The van der Waals surface area contributed by atoms with E-state index in [1.54, 1.807) is 11.8 Å². The third-order valence-electron chi connectivity index (χ3n) is 2.52. The molecule has 0 aromatic heterocycles. The number of nitrogens with one attached hydrogen (secondary N) is 1. The molecule has 7 heteroatoms. The van der Waals surface area contributed by atoms with Gasteiger partial charge in [0.2, 0.25) is 0 Å². The fourth-order valence-electron chi connectivity index (χ4n) is 1.46. The zero-order valence-corrected chi connectivity index (χ0v) is 13.0. The van der Waals surface area contributed by atoms with E-state index in [-0.39, 0.29) is 17.4 Å². The molecule has 0 aliphatic carbocycles. The molecule has 1 amide bonds. The minimum atomic E-state index is -3.23. The maximum absolute atomic E-state index is 11.8. The molecule has 0 spiro atoms. The first-order chi connectivity index (χ1) is 9.45. The minimum absolute atomic E-state index is 0.187. The molecular formula is C13H19NO4S2. The van der Waals surface area contributed by atoms with E-state index in [1.165, 1.54) is 24.3 Å². The van der Waals surface area contributed by atoms with Crippen molar-refractivity contribution in [2.24, 2.45) is 0 Å². The lowest BCUT2D eigenvalue weighted by atomic mass is 10.2. The Kier molecular flexibility index (Phi) is 7.04. The third-order valence-corrected chi connectivity index (χ3v) is 4.72. The second-order valence-electron chi connectivity index (χ2n) is 4.24. The van der Waals surface area contributed by atoms with Crippen LogP contribution in [0.1, 0.15) is 16.8 Å². The molecule has 112 valence electrons. The van der Waals surface area contributed by atoms with Crippen LogP contribution in [0.5, 0.6) is 0 Å². The molecule has 0 saturated heterocycles. The molecule has 0 unspecified atom stereocenters. The quantitative estimate of drug-likeness (QED) is 0.697. The SMILES string of the molecule is CS(=O)(=O)c1ccc(C(=O)NCCSCCCO)cc1. The lowest BCUT2D eigenvalue weighted by Crippen LogP contribution is -2.25. The Morgan fingerprint density at radius 2 is 1.90 bits per heavy atom. The van der Waals surface area contributed by atoms with E-state index >= 15 is 0 Å². The molecule has 2 N–H and O–H groups in total. The van der Waals surface area contributed by atoms with E-state index in [2.05, 4.69) is 5.32 Å². The van der Waals surface area contributed by atoms with Crippen molar-refractivity contribution in [1.29, 1.82) is 0 Å². The summed E-state index contributed by atoms with van der Waals surface area (Å²) in [5, 5.41) is 11.4. The Labute approximate surface area is 123 Å². The van der Waals surface area contributed by atoms with Crippen LogP contribution in [0.25, 0.3) is 0 Å². The van der Waals surface area contributed by atoms with Gasteiger partial charge in [-0.1, -0.05) is 0 Å². The van der Waals surface area contributed by atoms with Crippen molar-refractivity contribution in [3.05, 3.63) is 29.8 Å². The molecule has 0 heterocycles. The van der Waals surface area contributed by atoms with E-state index in [4.69, 9.17) is 5.11 Å². The summed E-state index contributed by atoms with van der Waals surface area (Å²) in [4.78, 5) is 12.0. The van der Waals surface area contributed by atoms with Gasteiger partial charge < -0.3 is 10.4 Å². The van der Waals surface area contributed by atoms with Gasteiger partial charge in [-0.25, -0.2) is 8.42 Å². The highest BCUT2D eigenvalue weighted by Gasteiger charge is 2.09. The average molecular weight is 317 g/mol. The van der Waals surface area contributed by atoms with E-state index in [1.807, 2.05) is 0 Å². The van der Waals surface area contributed by atoms with Crippen LogP contribution in [0.3, 0.4) is 0 Å². The maximum Gasteiger partial charge on any atom is 0.251 e. The van der Waals surface area contributed by atoms with Crippen molar-refractivity contribution in [2.45, 2.75) is 11.3 Å². The molecule has 20 heavy (non-hydrogen) atoms. The molecule has 5 nitrogen and oxygen atoms in total. The monoisotopic (exact) mass is 317 g/mol. The highest BCUT2D eigenvalue weighted by atomic mass is 32.2. The topological polar surface area (TPSA) is 83.5 Å². The first-order valence-corrected chi connectivity index (χ1v) is 9.26. The lowest BCUT2D eigenvalue weighted by molar-refractivity contribution is 0.0956. The molecular weight excluding hydrogens is 298 g/mol. The number of aliphatic hydroxyl groups excluding tert-OH is 1. The van der Waals surface area contributed by atoms with Crippen LogP contribution in [0.4, 0.5) is 0 Å². The van der Waals surface area contributed by atoms with Gasteiger partial charge >= 0.3 is 0 Å². The number of hydrogen-bond donors (Lipinski definition) is 2. The van der Waals surface area contributed by atoms with Crippen molar-refractivity contribution >= 4 is 27.5 Å². The summed E-state index contributed by atoms with van der Waals surface area (Å²) in [6.07, 6.45) is 1.89. The highest BCUT2D eigenvalue weighted by molar-refractivity contribution is 7.99. The van der Waals surface area contributed by atoms with Crippen LogP contribution in [0.15, 0.2) is 29.2 Å². The number of carbonyl (C=O) groups excluding carboxylic acids is 1. The number of benzene rings is 1. The maximum atomic E-state index is 11.8. The molecule has 1 aromatic rings. The number of thioether (sulfide) groups is 1. The van der Waals surface area contributed by atoms with Gasteiger partial charge in [0.25, 0.3) is 5.91 Å². The molecule has 0 saturated carbocycles. The second kappa shape index (κ2) is 8.28. The molecule has 0 radical (unpaired) electrons. The number of carbonyl (C=O) groups is 1. The van der Waals surface area contributed by atoms with Crippen LogP contribution >= 0.6 is 11.8 Å². The van der Waals surface area contributed by atoms with Crippen LogP contribution in [0.2, 0.25) is 0 Å². The van der Waals surface area contributed by atoms with Crippen molar-refractivity contribution < 1.29 is 18.3 Å². The van der Waals surface area contributed by atoms with Crippen molar-refractivity contribution in [3.8, 4) is 0 Å². The Morgan fingerprint density at radius 1 is 1.25 bits per heavy atom. The minimum Gasteiger partial charge on any atom is -0.396 e. The molecule has 0 atom stereocenters. The Hall–Kier alpha value is -1.05. The predicted octanol–water partition coefficient (Wildman–Crippen LogP) is 0.935. The summed E-state index contributed by atoms with van der Waals surface area (Å²) in [5.41, 5.74) is 0.442. The molecule has 0 aliphatic heterocycles. The number of sulfone groups is 1. The summed E-state index contributed by atoms with van der Waals surface area (Å²) < 4.78 is 22.6. The standard InChI is InChI=1S/C13H19NO4S2/c1-20(17,18)12-5-3-11(4-6-12)13(16)14-7-10-19-9-2-8-15/h3-6,15H,2,7-10H2,1H3,(H,14,16). The average Bonchev–Trinajstić information content (AvgIpc) is 2.41. The fraction of sp³-hybridized carbons (Fsp3) is 0.462. The van der Waals surface area contributed by atoms with Crippen molar-refractivity contribution in [3.63, 3.8) is 0 Å². The number of rotatable bonds is 8. The molecule has 0 bridgehead atoms. The Morgan fingerprint density at radius 3 is 2.45 bits per heavy atom. The largest absolute Gasteiger partial charge is 0.396 e. The first kappa shape index (κ1) is 17.0. The van der Waals surface area contributed by atoms with E-state index in [0.29, 0.717) is 12.1 Å². The number of amides is 1. The van der Waals surface area contributed by atoms with Gasteiger partial charge in [0, 0.05) is 30.7 Å². The zero-order valence-electron chi connectivity index (χ0n) is 11.3. The van der Waals surface area contributed by atoms with Crippen molar-refractivity contribution in [1.82, 2.24) is 5.32 Å². The Balaban J connectivity index is 2.40. The van der Waals surface area contributed by atoms with Crippen molar-refractivity contribution in [2.75, 3.05) is 30.9 Å². The fourth-order valence-corrected chi connectivity index (χ4v) is 2.88. The summed E-state index contributed by atoms with van der Waals surface area (Å²) in [6.45, 7) is 0.731. The zero-order chi connectivity index (χ0) is 15.0. The molecule has 1 rings (SSSR count). The van der Waals surface area contributed by atoms with Crippen LogP contribution in [-0.4, -0.2) is 50.3 Å². The lowest BCUT2D eigenvalue weighted by Gasteiger charge is -2.05. The van der Waals surface area contributed by atoms with Gasteiger partial charge in [-0.2, -0.15) is 11.8 Å². The predicted molar refractivity (Wildman–Crippen MR) is 80.9 cm³/mol. The van der Waals surface area contributed by atoms with Gasteiger partial charge in [0.15, 0.2) is 9.84 Å². The third kappa shape index (κ3) is 5.94. The summed E-state index contributed by atoms with van der Waals surface area (Å²) in [5.74, 6) is 1.44. The van der Waals surface area contributed by atoms with Gasteiger partial charge in [-0.3, -0.25) is 4.79 Å². The number of aliphatic hydroxyl groups is 1. The van der Waals surface area contributed by atoms with E-state index in [0.717, 1.165) is 24.2 Å². The number of hydrogen-bond acceptors (Lipinski definition) is 5. The van der Waals surface area contributed by atoms with E-state index < -0.39 is 9.84 Å². The van der Waals surface area contributed by atoms with E-state index in [9.17, 15) is 13.2 Å². The normalized spacial score (nSPS) is 11.3. The first-order valence-electron chi connectivity index (χ1n) is 6.22. The molecule has 1 aromatic carbocycles. The molecule has 0 aliphatic rings. The molecule has 0 fully saturated rings.